The SMILES string of the molecule is CN(C)C(=O)NC1CCC(CCN2CCN(c3ccc(OS(=O)(=O)[O-])c(Cl)c3Cl)CC2)CC1. The number of nitrogens with one attached hydrogen (secondary N) is 1. The van der Waals surface area contributed by atoms with Gasteiger partial charge in [0.2, 0.25) is 0 Å². The van der Waals surface area contributed by atoms with Crippen molar-refractivity contribution in [3.8, 4) is 5.75 Å². The Morgan fingerprint density at radius 3 is 2.33 bits per heavy atom. The maximum Gasteiger partial charge on any atom is 0.317 e. The van der Waals surface area contributed by atoms with Crippen LogP contribution in [0, 0.1) is 5.92 Å². The fourth-order valence-electron chi connectivity index (χ4n) is 4.42. The highest BCUT2D eigenvalue weighted by molar-refractivity contribution is 7.81. The molecule has 1 heterocycles. The van der Waals surface area contributed by atoms with Gasteiger partial charge < -0.3 is 23.9 Å². The number of hydrogen-bond donors (Lipinski definition) is 1. The molecule has 1 aliphatic carbocycles. The highest BCUT2D eigenvalue weighted by Crippen LogP contribution is 2.40. The number of carbonyl (C=O) groups is 1. The van der Waals surface area contributed by atoms with Gasteiger partial charge in [0.15, 0.2) is 5.75 Å². The molecule has 1 N–H and O–H groups in total. The zero-order valence-corrected chi connectivity index (χ0v) is 21.3. The zero-order chi connectivity index (χ0) is 24.2. The highest BCUT2D eigenvalue weighted by atomic mass is 35.5. The van der Waals surface area contributed by atoms with Crippen LogP contribution in [0.15, 0.2) is 12.1 Å². The molecular formula is C21H31Cl2N4O5S-. The third kappa shape index (κ3) is 7.51. The lowest BCUT2D eigenvalue weighted by molar-refractivity contribution is 0.194. The van der Waals surface area contributed by atoms with Crippen molar-refractivity contribution in [1.82, 2.24) is 15.1 Å². The minimum Gasteiger partial charge on any atom is -0.716 e. The van der Waals surface area contributed by atoms with Gasteiger partial charge in [-0.15, -0.1) is 0 Å². The van der Waals surface area contributed by atoms with Gasteiger partial charge in [0.05, 0.1) is 10.7 Å². The first-order valence-electron chi connectivity index (χ1n) is 11.1. The van der Waals surface area contributed by atoms with Crippen LogP contribution in [0.5, 0.6) is 5.75 Å². The van der Waals surface area contributed by atoms with E-state index in [9.17, 15) is 17.8 Å². The van der Waals surface area contributed by atoms with Crippen LogP contribution in [-0.2, 0) is 10.4 Å². The zero-order valence-electron chi connectivity index (χ0n) is 18.9. The van der Waals surface area contributed by atoms with Crippen LogP contribution in [0.4, 0.5) is 10.5 Å². The number of hydrogen-bond acceptors (Lipinski definition) is 7. The topological polar surface area (TPSA) is 105 Å². The van der Waals surface area contributed by atoms with Gasteiger partial charge in [-0.05, 0) is 56.7 Å². The van der Waals surface area contributed by atoms with Crippen LogP contribution in [0.3, 0.4) is 0 Å². The second-order valence-corrected chi connectivity index (χ2v) is 10.6. The third-order valence-electron chi connectivity index (χ3n) is 6.37. The van der Waals surface area contributed by atoms with Crippen LogP contribution in [0.2, 0.25) is 10.0 Å². The van der Waals surface area contributed by atoms with Crippen molar-refractivity contribution in [2.24, 2.45) is 5.92 Å². The number of amides is 2. The summed E-state index contributed by atoms with van der Waals surface area (Å²) in [5.74, 6) is 0.420. The minimum absolute atomic E-state index is 0.0182. The van der Waals surface area contributed by atoms with Crippen LogP contribution in [-0.4, -0.2) is 81.7 Å². The summed E-state index contributed by atoms with van der Waals surface area (Å²) in [4.78, 5) is 17.9. The van der Waals surface area contributed by atoms with Gasteiger partial charge in [0.1, 0.15) is 5.02 Å². The molecule has 3 rings (SSSR count). The lowest BCUT2D eigenvalue weighted by Gasteiger charge is -2.37. The largest absolute Gasteiger partial charge is 0.716 e. The molecule has 0 radical (unpaired) electrons. The Bertz CT molecular complexity index is 931. The van der Waals surface area contributed by atoms with Crippen LogP contribution in [0.1, 0.15) is 32.1 Å². The molecule has 1 aromatic carbocycles. The van der Waals surface area contributed by atoms with E-state index in [1.54, 1.807) is 25.1 Å². The Morgan fingerprint density at radius 2 is 1.76 bits per heavy atom. The summed E-state index contributed by atoms with van der Waals surface area (Å²) in [6, 6.07) is 3.23. The molecule has 12 heteroatoms. The molecule has 2 fully saturated rings. The van der Waals surface area contributed by atoms with Gasteiger partial charge in [-0.3, -0.25) is 4.90 Å². The second kappa shape index (κ2) is 11.3. The predicted molar refractivity (Wildman–Crippen MR) is 128 cm³/mol. The van der Waals surface area contributed by atoms with E-state index in [1.165, 1.54) is 6.07 Å². The van der Waals surface area contributed by atoms with Crippen molar-refractivity contribution in [3.63, 3.8) is 0 Å². The van der Waals surface area contributed by atoms with E-state index in [-0.39, 0.29) is 27.9 Å². The molecule has 2 aliphatic rings. The van der Waals surface area contributed by atoms with Crippen LogP contribution < -0.4 is 14.4 Å². The Labute approximate surface area is 205 Å². The fraction of sp³-hybridized carbons (Fsp3) is 0.667. The summed E-state index contributed by atoms with van der Waals surface area (Å²) in [5, 5.41) is 3.17. The number of rotatable bonds is 7. The van der Waals surface area contributed by atoms with Crippen molar-refractivity contribution < 1.29 is 21.9 Å². The Hall–Kier alpha value is -1.46. The average Bonchev–Trinajstić information content (AvgIpc) is 2.76. The normalized spacial score (nSPS) is 22.2. The maximum absolute atomic E-state index is 11.8. The Balaban J connectivity index is 1.43. The molecule has 186 valence electrons. The summed E-state index contributed by atoms with van der Waals surface area (Å²) in [6.45, 7) is 4.33. The first-order valence-corrected chi connectivity index (χ1v) is 13.2. The summed E-state index contributed by atoms with van der Waals surface area (Å²) in [5.41, 5.74) is 0.690. The summed E-state index contributed by atoms with van der Waals surface area (Å²) >= 11 is 12.4. The number of carbonyl (C=O) groups excluding carboxylic acids is 1. The molecule has 1 aromatic rings. The Morgan fingerprint density at radius 1 is 1.12 bits per heavy atom. The van der Waals surface area contributed by atoms with Crippen molar-refractivity contribution in [3.05, 3.63) is 22.2 Å². The molecule has 33 heavy (non-hydrogen) atoms. The summed E-state index contributed by atoms with van der Waals surface area (Å²) in [7, 11) is -1.41. The Kier molecular flexibility index (Phi) is 8.96. The van der Waals surface area contributed by atoms with Gasteiger partial charge >= 0.3 is 6.03 Å². The molecule has 2 amide bonds. The quantitative estimate of drug-likeness (QED) is 0.433. The minimum atomic E-state index is -4.92. The molecule has 1 saturated carbocycles. The number of anilines is 1. The van der Waals surface area contributed by atoms with E-state index < -0.39 is 10.4 Å². The standard InChI is InChI=1S/C21H32Cl2N4O5S/c1-25(2)21(28)24-16-5-3-15(4-6-16)9-10-26-11-13-27(14-12-26)17-7-8-18(20(23)19(17)22)32-33(29,30)31/h7-8,15-16H,3-6,9-14H2,1-2H3,(H,24,28)(H,29,30,31)/p-1. The lowest BCUT2D eigenvalue weighted by atomic mass is 9.84. The van der Waals surface area contributed by atoms with E-state index >= 15 is 0 Å². The van der Waals surface area contributed by atoms with Crippen molar-refractivity contribution in [2.75, 3.05) is 51.7 Å². The summed E-state index contributed by atoms with van der Waals surface area (Å²) < 4.78 is 36.8. The van der Waals surface area contributed by atoms with Gasteiger partial charge in [-0.1, -0.05) is 23.2 Å². The molecule has 0 unspecified atom stereocenters. The van der Waals surface area contributed by atoms with Crippen molar-refractivity contribution in [2.45, 2.75) is 38.1 Å². The van der Waals surface area contributed by atoms with Crippen molar-refractivity contribution in [1.29, 1.82) is 0 Å². The fourth-order valence-corrected chi connectivity index (χ4v) is 5.30. The van der Waals surface area contributed by atoms with E-state index in [0.29, 0.717) is 11.6 Å². The summed E-state index contributed by atoms with van der Waals surface area (Å²) in [6.07, 6.45) is 5.49. The van der Waals surface area contributed by atoms with E-state index in [4.69, 9.17) is 23.2 Å². The van der Waals surface area contributed by atoms with E-state index in [0.717, 1.165) is 64.8 Å². The molecule has 9 nitrogen and oxygen atoms in total. The molecule has 1 aliphatic heterocycles. The highest BCUT2D eigenvalue weighted by Gasteiger charge is 2.25. The number of piperazine rings is 1. The average molecular weight is 522 g/mol. The van der Waals surface area contributed by atoms with Gasteiger partial charge in [-0.2, -0.15) is 0 Å². The molecule has 0 spiro atoms. The monoisotopic (exact) mass is 521 g/mol. The second-order valence-electron chi connectivity index (χ2n) is 8.88. The number of halogens is 2. The molecule has 0 atom stereocenters. The van der Waals surface area contributed by atoms with Crippen LogP contribution >= 0.6 is 23.2 Å². The van der Waals surface area contributed by atoms with Crippen LogP contribution in [0.25, 0.3) is 0 Å². The molecule has 0 aromatic heterocycles. The first-order chi connectivity index (χ1) is 15.5. The predicted octanol–water partition coefficient (Wildman–Crippen LogP) is 3.17. The van der Waals surface area contributed by atoms with E-state index in [1.807, 2.05) is 0 Å². The molecule has 1 saturated heterocycles. The van der Waals surface area contributed by atoms with Gasteiger partial charge in [-0.25, -0.2) is 13.2 Å². The smallest absolute Gasteiger partial charge is 0.317 e. The number of nitrogens with zero attached hydrogens (tertiary/aromatic N) is 3. The van der Waals surface area contributed by atoms with Crippen molar-refractivity contribution >= 4 is 45.3 Å². The lowest BCUT2D eigenvalue weighted by Crippen LogP contribution is -2.47. The third-order valence-corrected chi connectivity index (χ3v) is 7.60. The maximum atomic E-state index is 11.8. The molecule has 0 bridgehead atoms. The number of benzene rings is 1. The molecular weight excluding hydrogens is 491 g/mol. The number of urea groups is 1. The van der Waals surface area contributed by atoms with Gasteiger partial charge in [0.25, 0.3) is 10.4 Å². The van der Waals surface area contributed by atoms with Gasteiger partial charge in [0, 0.05) is 46.3 Å². The van der Waals surface area contributed by atoms with E-state index in [2.05, 4.69) is 19.3 Å². The first kappa shape index (κ1) is 26.2.